The van der Waals surface area contributed by atoms with E-state index in [2.05, 4.69) is 10.3 Å². The summed E-state index contributed by atoms with van der Waals surface area (Å²) in [4.78, 5) is 16.0. The molecule has 0 aliphatic heterocycles. The number of rotatable bonds is 3. The van der Waals surface area contributed by atoms with Crippen LogP contribution in [0.4, 0.5) is 5.69 Å². The normalized spacial score (nSPS) is 10.1. The second-order valence-electron chi connectivity index (χ2n) is 4.35. The van der Waals surface area contributed by atoms with Crippen LogP contribution in [-0.4, -0.2) is 18.0 Å². The summed E-state index contributed by atoms with van der Waals surface area (Å²) >= 11 is 0. The minimum Gasteiger partial charge on any atom is -0.494 e. The lowest BCUT2D eigenvalue weighted by atomic mass is 10.1. The average molecular weight is 256 g/mol. The first-order valence-corrected chi connectivity index (χ1v) is 5.98. The molecule has 1 amide bonds. The van der Waals surface area contributed by atoms with Gasteiger partial charge in [0.25, 0.3) is 5.91 Å². The number of methoxy groups -OCH3 is 1. The fourth-order valence-corrected chi connectivity index (χ4v) is 2.02. The van der Waals surface area contributed by atoms with Gasteiger partial charge in [-0.2, -0.15) is 0 Å². The Morgan fingerprint density at radius 2 is 1.89 bits per heavy atom. The number of carbonyl (C=O) groups excluding carboxylic acids is 1. The van der Waals surface area contributed by atoms with Gasteiger partial charge in [-0.25, -0.2) is 0 Å². The molecule has 0 atom stereocenters. The number of hydrogen-bond acceptors (Lipinski definition) is 3. The van der Waals surface area contributed by atoms with E-state index >= 15 is 0 Å². The first-order chi connectivity index (χ1) is 9.11. The molecule has 0 saturated carbocycles. The van der Waals surface area contributed by atoms with Crippen molar-refractivity contribution >= 4 is 11.6 Å². The Labute approximate surface area is 112 Å². The van der Waals surface area contributed by atoms with Crippen LogP contribution < -0.4 is 10.1 Å². The summed E-state index contributed by atoms with van der Waals surface area (Å²) in [5, 5.41) is 2.87. The first kappa shape index (κ1) is 13.1. The predicted octanol–water partition coefficient (Wildman–Crippen LogP) is 2.96. The highest BCUT2D eigenvalue weighted by Gasteiger charge is 2.12. The van der Waals surface area contributed by atoms with Gasteiger partial charge in [-0.3, -0.25) is 9.78 Å². The van der Waals surface area contributed by atoms with E-state index < -0.39 is 0 Å². The fraction of sp³-hybridized carbons (Fsp3) is 0.200. The van der Waals surface area contributed by atoms with Gasteiger partial charge in [-0.15, -0.1) is 0 Å². The van der Waals surface area contributed by atoms with E-state index in [1.165, 1.54) is 0 Å². The molecule has 19 heavy (non-hydrogen) atoms. The molecule has 98 valence electrons. The Morgan fingerprint density at radius 1 is 1.21 bits per heavy atom. The van der Waals surface area contributed by atoms with E-state index in [-0.39, 0.29) is 5.91 Å². The van der Waals surface area contributed by atoms with Crippen LogP contribution in [0.15, 0.2) is 36.7 Å². The third-order valence-corrected chi connectivity index (χ3v) is 2.81. The summed E-state index contributed by atoms with van der Waals surface area (Å²) in [7, 11) is 1.60. The van der Waals surface area contributed by atoms with Gasteiger partial charge in [0.15, 0.2) is 0 Å². The third-order valence-electron chi connectivity index (χ3n) is 2.81. The van der Waals surface area contributed by atoms with Crippen LogP contribution >= 0.6 is 0 Å². The van der Waals surface area contributed by atoms with Crippen molar-refractivity contribution in [2.24, 2.45) is 0 Å². The van der Waals surface area contributed by atoms with Crippen molar-refractivity contribution in [2.75, 3.05) is 12.4 Å². The first-order valence-electron chi connectivity index (χ1n) is 5.98. The minimum atomic E-state index is -0.175. The van der Waals surface area contributed by atoms with Crippen molar-refractivity contribution < 1.29 is 9.53 Å². The molecule has 2 rings (SSSR count). The molecule has 0 saturated heterocycles. The smallest absolute Gasteiger partial charge is 0.255 e. The maximum Gasteiger partial charge on any atom is 0.255 e. The van der Waals surface area contributed by atoms with Gasteiger partial charge >= 0.3 is 0 Å². The number of amides is 1. The number of carbonyl (C=O) groups is 1. The predicted molar refractivity (Wildman–Crippen MR) is 74.7 cm³/mol. The molecule has 1 aromatic heterocycles. The number of anilines is 1. The Bertz CT molecular complexity index is 595. The molecule has 1 aromatic carbocycles. The number of benzene rings is 1. The lowest BCUT2D eigenvalue weighted by Gasteiger charge is -2.13. The molecule has 1 heterocycles. The van der Waals surface area contributed by atoms with Crippen molar-refractivity contribution in [3.05, 3.63) is 53.3 Å². The van der Waals surface area contributed by atoms with Crippen molar-refractivity contribution in [1.29, 1.82) is 0 Å². The van der Waals surface area contributed by atoms with Gasteiger partial charge in [0.05, 0.1) is 12.8 Å². The maximum absolute atomic E-state index is 12.1. The second-order valence-corrected chi connectivity index (χ2v) is 4.35. The molecule has 0 fully saturated rings. The quantitative estimate of drug-likeness (QED) is 0.918. The molecule has 0 bridgehead atoms. The average Bonchev–Trinajstić information content (AvgIpc) is 2.39. The zero-order chi connectivity index (χ0) is 13.8. The topological polar surface area (TPSA) is 51.2 Å². The molecule has 0 spiro atoms. The Kier molecular flexibility index (Phi) is 3.80. The van der Waals surface area contributed by atoms with Gasteiger partial charge in [0.1, 0.15) is 5.75 Å². The van der Waals surface area contributed by atoms with Crippen molar-refractivity contribution in [3.63, 3.8) is 0 Å². The number of aromatic nitrogens is 1. The minimum absolute atomic E-state index is 0.175. The summed E-state index contributed by atoms with van der Waals surface area (Å²) in [5.74, 6) is 0.513. The van der Waals surface area contributed by atoms with Gasteiger partial charge in [-0.05, 0) is 43.2 Å². The van der Waals surface area contributed by atoms with Gasteiger partial charge in [-0.1, -0.05) is 6.07 Å². The van der Waals surface area contributed by atoms with Crippen molar-refractivity contribution in [1.82, 2.24) is 4.98 Å². The molecular formula is C15H16N2O2. The van der Waals surface area contributed by atoms with Crippen LogP contribution in [0.5, 0.6) is 5.75 Å². The third kappa shape index (κ3) is 2.91. The standard InChI is InChI=1S/C15H16N2O2/c1-10-8-11(2)14(19-3)13(9-10)17-15(18)12-4-6-16-7-5-12/h4-9H,1-3H3,(H,17,18). The Morgan fingerprint density at radius 3 is 2.53 bits per heavy atom. The molecule has 0 aliphatic carbocycles. The van der Waals surface area contributed by atoms with Crippen molar-refractivity contribution in [3.8, 4) is 5.75 Å². The van der Waals surface area contributed by atoms with E-state index in [0.717, 1.165) is 11.1 Å². The maximum atomic E-state index is 12.1. The van der Waals surface area contributed by atoms with E-state index in [4.69, 9.17) is 4.74 Å². The number of hydrogen-bond donors (Lipinski definition) is 1. The summed E-state index contributed by atoms with van der Waals surface area (Å²) in [5.41, 5.74) is 3.31. The van der Waals surface area contributed by atoms with Gasteiger partial charge in [0, 0.05) is 18.0 Å². The SMILES string of the molecule is COc1c(C)cc(C)cc1NC(=O)c1ccncc1. The van der Waals surface area contributed by atoms with Crippen LogP contribution in [0.1, 0.15) is 21.5 Å². The molecule has 0 aliphatic rings. The number of pyridine rings is 1. The van der Waals surface area contributed by atoms with Crippen LogP contribution in [0, 0.1) is 13.8 Å². The van der Waals surface area contributed by atoms with E-state index in [9.17, 15) is 4.79 Å². The monoisotopic (exact) mass is 256 g/mol. The van der Waals surface area contributed by atoms with Crippen molar-refractivity contribution in [2.45, 2.75) is 13.8 Å². The summed E-state index contributed by atoms with van der Waals surface area (Å²) in [6, 6.07) is 7.25. The molecule has 2 aromatic rings. The Balaban J connectivity index is 2.31. The number of nitrogens with one attached hydrogen (secondary N) is 1. The summed E-state index contributed by atoms with van der Waals surface area (Å²) in [6.45, 7) is 3.93. The van der Waals surface area contributed by atoms with E-state index in [0.29, 0.717) is 17.0 Å². The number of ether oxygens (including phenoxy) is 1. The highest BCUT2D eigenvalue weighted by Crippen LogP contribution is 2.30. The lowest BCUT2D eigenvalue weighted by Crippen LogP contribution is -2.13. The molecule has 0 unspecified atom stereocenters. The van der Waals surface area contributed by atoms with Crippen LogP contribution in [0.2, 0.25) is 0 Å². The van der Waals surface area contributed by atoms with Gasteiger partial charge in [0.2, 0.25) is 0 Å². The largest absolute Gasteiger partial charge is 0.494 e. The second kappa shape index (κ2) is 5.52. The summed E-state index contributed by atoms with van der Waals surface area (Å²) < 4.78 is 5.34. The van der Waals surface area contributed by atoms with Crippen LogP contribution in [0.3, 0.4) is 0 Å². The highest BCUT2D eigenvalue weighted by atomic mass is 16.5. The molecule has 4 nitrogen and oxygen atoms in total. The molecule has 4 heteroatoms. The zero-order valence-corrected chi connectivity index (χ0v) is 11.2. The molecule has 1 N–H and O–H groups in total. The highest BCUT2D eigenvalue weighted by molar-refractivity contribution is 6.05. The Hall–Kier alpha value is -2.36. The number of nitrogens with zero attached hydrogens (tertiary/aromatic N) is 1. The fourth-order valence-electron chi connectivity index (χ4n) is 2.02. The summed E-state index contributed by atoms with van der Waals surface area (Å²) in [6.07, 6.45) is 3.18. The van der Waals surface area contributed by atoms with Crippen LogP contribution in [-0.2, 0) is 0 Å². The van der Waals surface area contributed by atoms with E-state index in [1.54, 1.807) is 31.6 Å². The molecule has 0 radical (unpaired) electrons. The van der Waals surface area contributed by atoms with Crippen LogP contribution in [0.25, 0.3) is 0 Å². The van der Waals surface area contributed by atoms with E-state index in [1.807, 2.05) is 26.0 Å². The zero-order valence-electron chi connectivity index (χ0n) is 11.2. The lowest BCUT2D eigenvalue weighted by molar-refractivity contribution is 0.102. The number of aryl methyl sites for hydroxylation is 2. The molecular weight excluding hydrogens is 240 g/mol. The van der Waals surface area contributed by atoms with Gasteiger partial charge < -0.3 is 10.1 Å².